The Balaban J connectivity index is 1.52. The van der Waals surface area contributed by atoms with Gasteiger partial charge < -0.3 is 0 Å². The van der Waals surface area contributed by atoms with Crippen molar-refractivity contribution in [3.8, 4) is 0 Å². The number of hydrogen-bond donors (Lipinski definition) is 0. The third kappa shape index (κ3) is 2.65. The van der Waals surface area contributed by atoms with Crippen molar-refractivity contribution in [2.75, 3.05) is 0 Å². The molecule has 6 heteroatoms. The highest BCUT2D eigenvalue weighted by molar-refractivity contribution is 5.94. The number of aromatic nitrogens is 2. The largest absolute Gasteiger partial charge is 0.433 e. The van der Waals surface area contributed by atoms with Crippen LogP contribution in [0.1, 0.15) is 41.2 Å². The van der Waals surface area contributed by atoms with Crippen LogP contribution in [0.3, 0.4) is 0 Å². The van der Waals surface area contributed by atoms with Crippen molar-refractivity contribution in [1.82, 2.24) is 9.55 Å². The normalized spacial score (nSPS) is 26.8. The third-order valence-electron chi connectivity index (χ3n) is 6.50. The molecule has 0 spiro atoms. The molecule has 0 unspecified atom stereocenters. The molecule has 0 saturated heterocycles. The molecule has 4 atom stereocenters. The van der Waals surface area contributed by atoms with Crippen molar-refractivity contribution in [2.24, 2.45) is 17.8 Å². The number of para-hydroxylation sites is 1. The van der Waals surface area contributed by atoms with Gasteiger partial charge in [-0.05, 0) is 54.9 Å². The summed E-state index contributed by atoms with van der Waals surface area (Å²) < 4.78 is 40.3. The van der Waals surface area contributed by atoms with E-state index < -0.39 is 11.9 Å². The molecule has 2 aromatic heterocycles. The molecule has 2 aliphatic carbocycles. The molecule has 28 heavy (non-hydrogen) atoms. The molecule has 144 valence electrons. The van der Waals surface area contributed by atoms with Crippen LogP contribution in [0.15, 0.2) is 54.9 Å². The predicted molar refractivity (Wildman–Crippen MR) is 98.9 cm³/mol. The second-order valence-electron chi connectivity index (χ2n) is 7.94. The number of benzene rings is 1. The van der Waals surface area contributed by atoms with Gasteiger partial charge in [0.2, 0.25) is 5.91 Å². The molecule has 0 radical (unpaired) electrons. The van der Waals surface area contributed by atoms with Gasteiger partial charge in [-0.3, -0.25) is 14.3 Å². The molecule has 2 aliphatic rings. The van der Waals surface area contributed by atoms with E-state index in [0.717, 1.165) is 41.8 Å². The van der Waals surface area contributed by atoms with Gasteiger partial charge in [0.05, 0.1) is 5.52 Å². The highest BCUT2D eigenvalue weighted by atomic mass is 19.4. The van der Waals surface area contributed by atoms with Crippen LogP contribution in [0.4, 0.5) is 13.2 Å². The minimum Gasteiger partial charge on any atom is -0.287 e. The van der Waals surface area contributed by atoms with Gasteiger partial charge in [0, 0.05) is 29.6 Å². The summed E-state index contributed by atoms with van der Waals surface area (Å²) in [5, 5.41) is 1.01. The highest BCUT2D eigenvalue weighted by Crippen LogP contribution is 2.57. The fourth-order valence-corrected chi connectivity index (χ4v) is 5.33. The Labute approximate surface area is 160 Å². The Morgan fingerprint density at radius 1 is 1.04 bits per heavy atom. The fraction of sp³-hybridized carbons (Fsp3) is 0.364. The number of hydrogen-bond acceptors (Lipinski definition) is 2. The van der Waals surface area contributed by atoms with Gasteiger partial charge in [0.25, 0.3) is 0 Å². The van der Waals surface area contributed by atoms with Crippen molar-refractivity contribution in [2.45, 2.75) is 31.4 Å². The van der Waals surface area contributed by atoms with E-state index in [0.29, 0.717) is 5.92 Å². The van der Waals surface area contributed by atoms with Crippen molar-refractivity contribution in [1.29, 1.82) is 0 Å². The maximum Gasteiger partial charge on any atom is 0.433 e. The number of carbonyl (C=O) groups excluding carboxylic acids is 1. The lowest BCUT2D eigenvalue weighted by molar-refractivity contribution is -0.141. The van der Waals surface area contributed by atoms with Crippen molar-refractivity contribution in [3.05, 3.63) is 66.1 Å². The minimum atomic E-state index is -4.45. The number of alkyl halides is 3. The van der Waals surface area contributed by atoms with Gasteiger partial charge in [-0.15, -0.1) is 0 Å². The first-order valence-electron chi connectivity index (χ1n) is 9.57. The van der Waals surface area contributed by atoms with Crippen LogP contribution in [0, 0.1) is 17.8 Å². The van der Waals surface area contributed by atoms with Crippen LogP contribution >= 0.6 is 0 Å². The summed E-state index contributed by atoms with van der Waals surface area (Å²) in [6, 6.07) is 12.2. The standard InChI is InChI=1S/C22H19F3N2O/c23-22(24,25)18-8-7-16(12-26-18)19-14-5-6-15(11-14)20(19)21(28)27-10-9-13-3-1-2-4-17(13)27/h1-4,7-10,12,14-15,19-20H,5-6,11H2/t14-,15+,19-,20-/m0/s1. The zero-order valence-corrected chi connectivity index (χ0v) is 15.1. The summed E-state index contributed by atoms with van der Waals surface area (Å²) in [5.41, 5.74) is 0.730. The summed E-state index contributed by atoms with van der Waals surface area (Å²) in [5.74, 6) is 0.374. The fourth-order valence-electron chi connectivity index (χ4n) is 5.33. The molecule has 2 fully saturated rings. The second kappa shape index (κ2) is 6.19. The molecule has 3 aromatic rings. The monoisotopic (exact) mass is 384 g/mol. The Morgan fingerprint density at radius 3 is 2.57 bits per heavy atom. The van der Waals surface area contributed by atoms with E-state index in [-0.39, 0.29) is 23.7 Å². The summed E-state index contributed by atoms with van der Waals surface area (Å²) in [6.07, 6.45) is 1.66. The highest BCUT2D eigenvalue weighted by Gasteiger charge is 2.51. The summed E-state index contributed by atoms with van der Waals surface area (Å²) in [7, 11) is 0. The number of pyridine rings is 1. The lowest BCUT2D eigenvalue weighted by Gasteiger charge is -2.30. The maximum absolute atomic E-state index is 13.5. The molecule has 2 bridgehead atoms. The average molecular weight is 384 g/mol. The SMILES string of the molecule is O=C([C@H]1[C@@H]2CC[C@@H](C2)[C@H]1c1ccc(C(F)(F)F)nc1)n1ccc2ccccc21. The average Bonchev–Trinajstić information content (AvgIpc) is 3.40. The van der Waals surface area contributed by atoms with Crippen molar-refractivity contribution >= 4 is 16.8 Å². The molecule has 0 aliphatic heterocycles. The van der Waals surface area contributed by atoms with Crippen LogP contribution in [0.25, 0.3) is 10.9 Å². The van der Waals surface area contributed by atoms with Crippen LogP contribution in [-0.4, -0.2) is 15.5 Å². The molecule has 2 heterocycles. The van der Waals surface area contributed by atoms with Gasteiger partial charge in [0.15, 0.2) is 0 Å². The first-order valence-corrected chi connectivity index (χ1v) is 9.57. The molecule has 3 nitrogen and oxygen atoms in total. The topological polar surface area (TPSA) is 34.9 Å². The molecular weight excluding hydrogens is 365 g/mol. The number of carbonyl (C=O) groups is 1. The van der Waals surface area contributed by atoms with Gasteiger partial charge in [-0.2, -0.15) is 13.2 Å². The second-order valence-corrected chi connectivity index (χ2v) is 7.94. The van der Waals surface area contributed by atoms with Gasteiger partial charge >= 0.3 is 6.18 Å². The van der Waals surface area contributed by atoms with Gasteiger partial charge in [-0.25, -0.2) is 0 Å². The molecule has 0 amide bonds. The van der Waals surface area contributed by atoms with E-state index in [1.165, 1.54) is 12.3 Å². The van der Waals surface area contributed by atoms with Crippen molar-refractivity contribution < 1.29 is 18.0 Å². The summed E-state index contributed by atoms with van der Waals surface area (Å²) in [4.78, 5) is 17.1. The van der Waals surface area contributed by atoms with E-state index in [1.54, 1.807) is 10.8 Å². The Hall–Kier alpha value is -2.63. The predicted octanol–water partition coefficient (Wildman–Crippen LogP) is 5.53. The molecular formula is C22H19F3N2O. The van der Waals surface area contributed by atoms with Crippen molar-refractivity contribution in [3.63, 3.8) is 0 Å². The number of nitrogens with zero attached hydrogens (tertiary/aromatic N) is 2. The lowest BCUT2D eigenvalue weighted by atomic mass is 9.75. The van der Waals surface area contributed by atoms with Crippen LogP contribution in [0.5, 0.6) is 0 Å². The van der Waals surface area contributed by atoms with Gasteiger partial charge in [0.1, 0.15) is 5.69 Å². The third-order valence-corrected chi connectivity index (χ3v) is 6.50. The van der Waals surface area contributed by atoms with E-state index in [1.807, 2.05) is 30.3 Å². The molecule has 1 aromatic carbocycles. The van der Waals surface area contributed by atoms with E-state index in [2.05, 4.69) is 4.98 Å². The summed E-state index contributed by atoms with van der Waals surface area (Å²) >= 11 is 0. The molecule has 2 saturated carbocycles. The van der Waals surface area contributed by atoms with Crippen LogP contribution < -0.4 is 0 Å². The van der Waals surface area contributed by atoms with E-state index >= 15 is 0 Å². The molecule has 5 rings (SSSR count). The van der Waals surface area contributed by atoms with E-state index in [9.17, 15) is 18.0 Å². The Kier molecular flexibility index (Phi) is 3.86. The molecule has 0 N–H and O–H groups in total. The van der Waals surface area contributed by atoms with Crippen LogP contribution in [-0.2, 0) is 6.18 Å². The number of halogens is 3. The van der Waals surface area contributed by atoms with Gasteiger partial charge in [-0.1, -0.05) is 24.3 Å². The Morgan fingerprint density at radius 2 is 1.82 bits per heavy atom. The Bertz CT molecular complexity index is 1040. The smallest absolute Gasteiger partial charge is 0.287 e. The number of fused-ring (bicyclic) bond motifs is 3. The minimum absolute atomic E-state index is 0.0401. The van der Waals surface area contributed by atoms with Crippen LogP contribution in [0.2, 0.25) is 0 Å². The lowest BCUT2D eigenvalue weighted by Crippen LogP contribution is -2.31. The number of rotatable bonds is 2. The summed E-state index contributed by atoms with van der Waals surface area (Å²) in [6.45, 7) is 0. The van der Waals surface area contributed by atoms with E-state index in [4.69, 9.17) is 0 Å². The quantitative estimate of drug-likeness (QED) is 0.583. The first-order chi connectivity index (χ1) is 13.4. The zero-order chi connectivity index (χ0) is 19.5. The maximum atomic E-state index is 13.5. The first kappa shape index (κ1) is 17.5. The zero-order valence-electron chi connectivity index (χ0n) is 15.1.